The molecule has 2 aromatic rings. The first-order chi connectivity index (χ1) is 8.90. The average Bonchev–Trinajstić information content (AvgIpc) is 2.76. The molecular weight excluding hydrogens is 284 g/mol. The first-order valence-corrected chi connectivity index (χ1v) is 5.78. The highest BCUT2D eigenvalue weighted by Crippen LogP contribution is 2.21. The zero-order valence-corrected chi connectivity index (χ0v) is 10.2. The topological polar surface area (TPSA) is 42.0 Å². The Morgan fingerprint density at radius 2 is 1.89 bits per heavy atom. The van der Waals surface area contributed by atoms with Crippen molar-refractivity contribution in [3.05, 3.63) is 46.0 Å². The monoisotopic (exact) mass is 290 g/mol. The summed E-state index contributed by atoms with van der Waals surface area (Å²) in [7, 11) is 0. The lowest BCUT2D eigenvalue weighted by molar-refractivity contribution is 0.102. The number of aromatic nitrogens is 1. The summed E-state index contributed by atoms with van der Waals surface area (Å²) in [6.45, 7) is 1.73. The standard InChI is InChI=1S/C11H6F4N2OS/c1-4-3-16-11(19-4)17-10(18)5-2-6(12)8(14)9(15)7(5)13/h2-3H,1H3,(H,16,17,18). The summed E-state index contributed by atoms with van der Waals surface area (Å²) >= 11 is 1.10. The lowest BCUT2D eigenvalue weighted by atomic mass is 10.1. The fourth-order valence-electron chi connectivity index (χ4n) is 1.32. The van der Waals surface area contributed by atoms with Gasteiger partial charge in [0.25, 0.3) is 5.91 Å². The fourth-order valence-corrected chi connectivity index (χ4v) is 1.97. The van der Waals surface area contributed by atoms with Gasteiger partial charge in [0, 0.05) is 11.1 Å². The van der Waals surface area contributed by atoms with E-state index in [1.165, 1.54) is 6.20 Å². The van der Waals surface area contributed by atoms with Crippen LogP contribution in [0.4, 0.5) is 22.7 Å². The smallest absolute Gasteiger partial charge is 0.260 e. The molecule has 0 unspecified atom stereocenters. The second kappa shape index (κ2) is 4.96. The third-order valence-electron chi connectivity index (χ3n) is 2.19. The van der Waals surface area contributed by atoms with E-state index in [1.807, 2.05) is 0 Å². The molecule has 2 rings (SSSR count). The lowest BCUT2D eigenvalue weighted by Gasteiger charge is -2.05. The number of carbonyl (C=O) groups excluding carboxylic acids is 1. The summed E-state index contributed by atoms with van der Waals surface area (Å²) in [5, 5.41) is 2.31. The highest BCUT2D eigenvalue weighted by Gasteiger charge is 2.23. The molecule has 1 heterocycles. The molecule has 0 aliphatic carbocycles. The first kappa shape index (κ1) is 13.5. The predicted molar refractivity (Wildman–Crippen MR) is 61.1 cm³/mol. The van der Waals surface area contributed by atoms with Crippen LogP contribution in [-0.4, -0.2) is 10.9 Å². The van der Waals surface area contributed by atoms with E-state index in [9.17, 15) is 22.4 Å². The number of hydrogen-bond donors (Lipinski definition) is 1. The van der Waals surface area contributed by atoms with Crippen LogP contribution in [0.2, 0.25) is 0 Å². The van der Waals surface area contributed by atoms with Gasteiger partial charge in [-0.25, -0.2) is 22.5 Å². The maximum atomic E-state index is 13.3. The molecule has 0 aliphatic heterocycles. The Morgan fingerprint density at radius 1 is 1.21 bits per heavy atom. The van der Waals surface area contributed by atoms with Gasteiger partial charge in [-0.2, -0.15) is 0 Å². The molecule has 0 aliphatic rings. The van der Waals surface area contributed by atoms with Crippen LogP contribution < -0.4 is 5.32 Å². The number of benzene rings is 1. The minimum atomic E-state index is -2.03. The number of nitrogens with zero attached hydrogens (tertiary/aromatic N) is 1. The Balaban J connectivity index is 2.34. The highest BCUT2D eigenvalue weighted by atomic mass is 32.1. The van der Waals surface area contributed by atoms with Gasteiger partial charge < -0.3 is 0 Å². The first-order valence-electron chi connectivity index (χ1n) is 4.97. The molecule has 0 atom stereocenters. The van der Waals surface area contributed by atoms with Crippen LogP contribution in [0.3, 0.4) is 0 Å². The third-order valence-corrected chi connectivity index (χ3v) is 3.02. The van der Waals surface area contributed by atoms with Crippen LogP contribution in [0.15, 0.2) is 12.3 Å². The number of anilines is 1. The maximum Gasteiger partial charge on any atom is 0.260 e. The summed E-state index contributed by atoms with van der Waals surface area (Å²) < 4.78 is 52.0. The number of carbonyl (C=O) groups is 1. The van der Waals surface area contributed by atoms with Gasteiger partial charge >= 0.3 is 0 Å². The third kappa shape index (κ3) is 2.58. The van der Waals surface area contributed by atoms with E-state index in [1.54, 1.807) is 6.92 Å². The van der Waals surface area contributed by atoms with Crippen molar-refractivity contribution >= 4 is 22.4 Å². The highest BCUT2D eigenvalue weighted by molar-refractivity contribution is 7.15. The lowest BCUT2D eigenvalue weighted by Crippen LogP contribution is -2.16. The summed E-state index contributed by atoms with van der Waals surface area (Å²) in [6.07, 6.45) is 1.46. The van der Waals surface area contributed by atoms with E-state index in [-0.39, 0.29) is 5.13 Å². The van der Waals surface area contributed by atoms with Crippen LogP contribution in [0.1, 0.15) is 15.2 Å². The molecule has 100 valence electrons. The number of amides is 1. The Morgan fingerprint density at radius 3 is 2.47 bits per heavy atom. The molecule has 3 nitrogen and oxygen atoms in total. The van der Waals surface area contributed by atoms with Crippen LogP contribution in [0.5, 0.6) is 0 Å². The molecule has 0 spiro atoms. The number of halogens is 4. The van der Waals surface area contributed by atoms with Crippen LogP contribution in [0.25, 0.3) is 0 Å². The van der Waals surface area contributed by atoms with Gasteiger partial charge in [-0.1, -0.05) is 0 Å². The Bertz CT molecular complexity index is 656. The molecule has 1 aromatic heterocycles. The molecule has 19 heavy (non-hydrogen) atoms. The Labute approximate surface area is 108 Å². The Kier molecular flexibility index (Phi) is 3.52. The van der Waals surface area contributed by atoms with E-state index in [0.717, 1.165) is 16.2 Å². The van der Waals surface area contributed by atoms with Crippen molar-refractivity contribution < 1.29 is 22.4 Å². The number of nitrogens with one attached hydrogen (secondary N) is 1. The van der Waals surface area contributed by atoms with Gasteiger partial charge in [0.15, 0.2) is 28.4 Å². The number of rotatable bonds is 2. The summed E-state index contributed by atoms with van der Waals surface area (Å²) in [5.41, 5.74) is -0.927. The Hall–Kier alpha value is -1.96. The molecular formula is C11H6F4N2OS. The summed E-state index contributed by atoms with van der Waals surface area (Å²) in [4.78, 5) is 16.2. The van der Waals surface area contributed by atoms with Gasteiger partial charge in [-0.05, 0) is 13.0 Å². The van der Waals surface area contributed by atoms with Crippen LogP contribution in [-0.2, 0) is 0 Å². The van der Waals surface area contributed by atoms with Gasteiger partial charge in [0.2, 0.25) is 0 Å². The molecule has 8 heteroatoms. The van der Waals surface area contributed by atoms with E-state index in [2.05, 4.69) is 10.3 Å². The molecule has 0 radical (unpaired) electrons. The van der Waals surface area contributed by atoms with Crippen molar-refractivity contribution in [3.8, 4) is 0 Å². The van der Waals surface area contributed by atoms with Gasteiger partial charge in [-0.15, -0.1) is 11.3 Å². The minimum absolute atomic E-state index is 0.145. The van der Waals surface area contributed by atoms with Gasteiger partial charge in [0.1, 0.15) is 0 Å². The van der Waals surface area contributed by atoms with Crippen LogP contribution >= 0.6 is 11.3 Å². The molecule has 0 saturated heterocycles. The quantitative estimate of drug-likeness (QED) is 0.524. The van der Waals surface area contributed by atoms with Crippen molar-refractivity contribution in [3.63, 3.8) is 0 Å². The van der Waals surface area contributed by atoms with Crippen molar-refractivity contribution in [1.29, 1.82) is 0 Å². The fraction of sp³-hybridized carbons (Fsp3) is 0.0909. The van der Waals surface area contributed by atoms with Crippen LogP contribution in [0, 0.1) is 30.2 Å². The minimum Gasteiger partial charge on any atom is -0.298 e. The molecule has 1 amide bonds. The molecule has 0 fully saturated rings. The predicted octanol–water partition coefficient (Wildman–Crippen LogP) is 3.26. The molecule has 0 bridgehead atoms. The second-order valence-electron chi connectivity index (χ2n) is 3.58. The van der Waals surface area contributed by atoms with Gasteiger partial charge in [0.05, 0.1) is 5.56 Å². The SMILES string of the molecule is Cc1cnc(NC(=O)c2cc(F)c(F)c(F)c2F)s1. The van der Waals surface area contributed by atoms with Crippen molar-refractivity contribution in [1.82, 2.24) is 4.98 Å². The number of thiazole rings is 1. The summed E-state index contributed by atoms with van der Waals surface area (Å²) in [5.74, 6) is -8.48. The average molecular weight is 290 g/mol. The van der Waals surface area contributed by atoms with Crippen molar-refractivity contribution in [2.45, 2.75) is 6.92 Å². The van der Waals surface area contributed by atoms with Gasteiger partial charge in [-0.3, -0.25) is 10.1 Å². The molecule has 1 aromatic carbocycles. The summed E-state index contributed by atoms with van der Waals surface area (Å²) in [6, 6.07) is 0.295. The van der Waals surface area contributed by atoms with Crippen molar-refractivity contribution in [2.24, 2.45) is 0 Å². The molecule has 0 saturated carbocycles. The van der Waals surface area contributed by atoms with E-state index >= 15 is 0 Å². The van der Waals surface area contributed by atoms with Crippen molar-refractivity contribution in [2.75, 3.05) is 5.32 Å². The largest absolute Gasteiger partial charge is 0.298 e. The number of hydrogen-bond acceptors (Lipinski definition) is 3. The van der Waals surface area contributed by atoms with E-state index in [4.69, 9.17) is 0 Å². The maximum absolute atomic E-state index is 13.3. The van der Waals surface area contributed by atoms with E-state index in [0.29, 0.717) is 6.07 Å². The van der Waals surface area contributed by atoms with E-state index < -0.39 is 34.7 Å². The zero-order valence-electron chi connectivity index (χ0n) is 9.43. The molecule has 1 N–H and O–H groups in total. The zero-order chi connectivity index (χ0) is 14.2. The second-order valence-corrected chi connectivity index (χ2v) is 4.81. The normalized spacial score (nSPS) is 10.6. The number of aryl methyl sites for hydroxylation is 1.